The molecule has 0 aliphatic carbocycles. The van der Waals surface area contributed by atoms with Gasteiger partial charge in [0.05, 0.1) is 0 Å². The van der Waals surface area contributed by atoms with Crippen molar-refractivity contribution in [3.8, 4) is 0 Å². The number of hydrogen-bond donors (Lipinski definition) is 3. The molecule has 1 heterocycles. The molecular formula is C18H38IN5O. The van der Waals surface area contributed by atoms with Crippen LogP contribution in [0.15, 0.2) is 4.99 Å². The molecule has 1 aliphatic heterocycles. The van der Waals surface area contributed by atoms with Gasteiger partial charge in [0.25, 0.3) is 0 Å². The number of carbonyl (C=O) groups is 1. The molecule has 7 heteroatoms. The van der Waals surface area contributed by atoms with Gasteiger partial charge in [0.1, 0.15) is 0 Å². The molecule has 1 saturated heterocycles. The van der Waals surface area contributed by atoms with Crippen LogP contribution >= 0.6 is 24.0 Å². The number of amides is 1. The van der Waals surface area contributed by atoms with Crippen molar-refractivity contribution in [3.05, 3.63) is 0 Å². The van der Waals surface area contributed by atoms with Gasteiger partial charge in [-0.3, -0.25) is 9.79 Å². The van der Waals surface area contributed by atoms with Crippen LogP contribution in [0.1, 0.15) is 52.4 Å². The second-order valence-electron chi connectivity index (χ2n) is 6.79. The van der Waals surface area contributed by atoms with Crippen molar-refractivity contribution in [2.45, 2.75) is 52.4 Å². The summed E-state index contributed by atoms with van der Waals surface area (Å²) >= 11 is 0. The summed E-state index contributed by atoms with van der Waals surface area (Å²) in [5.74, 6) is 1.58. The molecular weight excluding hydrogens is 429 g/mol. The van der Waals surface area contributed by atoms with Crippen LogP contribution < -0.4 is 16.4 Å². The molecule has 0 saturated carbocycles. The molecule has 0 spiro atoms. The lowest BCUT2D eigenvalue weighted by Crippen LogP contribution is -2.40. The van der Waals surface area contributed by atoms with Crippen LogP contribution in [0.3, 0.4) is 0 Å². The van der Waals surface area contributed by atoms with Gasteiger partial charge in [-0.25, -0.2) is 0 Å². The summed E-state index contributed by atoms with van der Waals surface area (Å²) in [5, 5.41) is 6.80. The van der Waals surface area contributed by atoms with Crippen molar-refractivity contribution in [2.75, 3.05) is 39.8 Å². The van der Waals surface area contributed by atoms with E-state index in [0.29, 0.717) is 5.92 Å². The van der Waals surface area contributed by atoms with Crippen molar-refractivity contribution in [1.82, 2.24) is 15.5 Å². The molecule has 0 atom stereocenters. The van der Waals surface area contributed by atoms with Crippen LogP contribution in [0.5, 0.6) is 0 Å². The van der Waals surface area contributed by atoms with Gasteiger partial charge in [0, 0.05) is 26.1 Å². The van der Waals surface area contributed by atoms with E-state index in [2.05, 4.69) is 34.4 Å². The highest BCUT2D eigenvalue weighted by Crippen LogP contribution is 2.16. The maximum absolute atomic E-state index is 11.2. The van der Waals surface area contributed by atoms with Crippen LogP contribution in [0.4, 0.5) is 0 Å². The number of unbranched alkanes of at least 4 members (excludes halogenated alkanes) is 1. The zero-order chi connectivity index (χ0) is 17.8. The van der Waals surface area contributed by atoms with Crippen LogP contribution in [-0.2, 0) is 4.79 Å². The van der Waals surface area contributed by atoms with Crippen LogP contribution in [0.2, 0.25) is 0 Å². The third kappa shape index (κ3) is 10.2. The number of carbonyl (C=O) groups excluding carboxylic acids is 1. The standard InChI is InChI=1S/C18H37N5O.HI/c1-4-15(5-2)14-22-18(20-3)21-10-6-7-11-23-12-8-16(9-13-23)17(19)24;/h15-16H,4-14H2,1-3H3,(H2,19,24)(H2,20,21,22);1H. The van der Waals surface area contributed by atoms with Gasteiger partial charge < -0.3 is 21.3 Å². The molecule has 148 valence electrons. The summed E-state index contributed by atoms with van der Waals surface area (Å²) in [4.78, 5) is 17.9. The maximum atomic E-state index is 11.2. The van der Waals surface area contributed by atoms with Crippen molar-refractivity contribution in [3.63, 3.8) is 0 Å². The van der Waals surface area contributed by atoms with E-state index in [-0.39, 0.29) is 35.8 Å². The summed E-state index contributed by atoms with van der Waals surface area (Å²) in [6, 6.07) is 0. The fraction of sp³-hybridized carbons (Fsp3) is 0.889. The van der Waals surface area contributed by atoms with Gasteiger partial charge >= 0.3 is 0 Å². The first-order valence-corrected chi connectivity index (χ1v) is 9.56. The van der Waals surface area contributed by atoms with Gasteiger partial charge in [-0.2, -0.15) is 0 Å². The van der Waals surface area contributed by atoms with Crippen LogP contribution in [0.25, 0.3) is 0 Å². The van der Waals surface area contributed by atoms with Gasteiger partial charge in [-0.05, 0) is 51.2 Å². The molecule has 0 bridgehead atoms. The summed E-state index contributed by atoms with van der Waals surface area (Å²) in [6.45, 7) is 9.50. The third-order valence-electron chi connectivity index (χ3n) is 5.12. The second kappa shape index (κ2) is 14.6. The fourth-order valence-corrected chi connectivity index (χ4v) is 3.15. The smallest absolute Gasteiger partial charge is 0.220 e. The number of rotatable bonds is 10. The highest BCUT2D eigenvalue weighted by molar-refractivity contribution is 14.0. The number of halogens is 1. The summed E-state index contributed by atoms with van der Waals surface area (Å²) < 4.78 is 0. The Morgan fingerprint density at radius 3 is 2.36 bits per heavy atom. The number of nitrogens with zero attached hydrogens (tertiary/aromatic N) is 2. The lowest BCUT2D eigenvalue weighted by molar-refractivity contribution is -0.123. The Bertz CT molecular complexity index is 380. The average Bonchev–Trinajstić information content (AvgIpc) is 2.60. The normalized spacial score (nSPS) is 16.6. The van der Waals surface area contributed by atoms with E-state index in [1.54, 1.807) is 0 Å². The van der Waals surface area contributed by atoms with Gasteiger partial charge in [0.2, 0.25) is 5.91 Å². The quantitative estimate of drug-likeness (QED) is 0.199. The molecule has 0 aromatic rings. The molecule has 4 N–H and O–H groups in total. The van der Waals surface area contributed by atoms with E-state index in [1.807, 2.05) is 7.05 Å². The van der Waals surface area contributed by atoms with Crippen molar-refractivity contribution < 1.29 is 4.79 Å². The molecule has 1 rings (SSSR count). The zero-order valence-corrected chi connectivity index (χ0v) is 18.6. The summed E-state index contributed by atoms with van der Waals surface area (Å²) in [7, 11) is 1.82. The lowest BCUT2D eigenvalue weighted by atomic mass is 9.96. The number of nitrogens with one attached hydrogen (secondary N) is 2. The van der Waals surface area contributed by atoms with E-state index in [4.69, 9.17) is 5.73 Å². The minimum atomic E-state index is -0.133. The Balaban J connectivity index is 0.00000576. The molecule has 0 aromatic heterocycles. The van der Waals surface area contributed by atoms with E-state index in [9.17, 15) is 4.79 Å². The van der Waals surface area contributed by atoms with E-state index < -0.39 is 0 Å². The largest absolute Gasteiger partial charge is 0.369 e. The SMILES string of the molecule is CCC(CC)CNC(=NC)NCCCCN1CCC(C(N)=O)CC1.I. The van der Waals surface area contributed by atoms with Crippen molar-refractivity contribution in [1.29, 1.82) is 0 Å². The van der Waals surface area contributed by atoms with E-state index in [0.717, 1.165) is 64.4 Å². The number of hydrogen-bond acceptors (Lipinski definition) is 3. The molecule has 0 aromatic carbocycles. The minimum absolute atomic E-state index is 0. The first-order chi connectivity index (χ1) is 11.6. The Morgan fingerprint density at radius 2 is 1.84 bits per heavy atom. The average molecular weight is 467 g/mol. The predicted octanol–water partition coefficient (Wildman–Crippen LogP) is 2.18. The fourth-order valence-electron chi connectivity index (χ4n) is 3.15. The number of piperidine rings is 1. The predicted molar refractivity (Wildman–Crippen MR) is 116 cm³/mol. The Kier molecular flexibility index (Phi) is 14.3. The minimum Gasteiger partial charge on any atom is -0.369 e. The zero-order valence-electron chi connectivity index (χ0n) is 16.2. The highest BCUT2D eigenvalue weighted by atomic mass is 127. The maximum Gasteiger partial charge on any atom is 0.220 e. The van der Waals surface area contributed by atoms with Crippen molar-refractivity contribution >= 4 is 35.8 Å². The van der Waals surface area contributed by atoms with Gasteiger partial charge in [-0.15, -0.1) is 24.0 Å². The van der Waals surface area contributed by atoms with Gasteiger partial charge in [0.15, 0.2) is 5.96 Å². The number of aliphatic imine (C=N–C) groups is 1. The number of nitrogens with two attached hydrogens (primary N) is 1. The van der Waals surface area contributed by atoms with Crippen LogP contribution in [-0.4, -0.2) is 56.5 Å². The van der Waals surface area contributed by atoms with E-state index >= 15 is 0 Å². The van der Waals surface area contributed by atoms with E-state index in [1.165, 1.54) is 12.8 Å². The first-order valence-electron chi connectivity index (χ1n) is 9.56. The van der Waals surface area contributed by atoms with Gasteiger partial charge in [-0.1, -0.05) is 26.7 Å². The molecule has 6 nitrogen and oxygen atoms in total. The number of guanidine groups is 1. The third-order valence-corrected chi connectivity index (χ3v) is 5.12. The highest BCUT2D eigenvalue weighted by Gasteiger charge is 2.22. The van der Waals surface area contributed by atoms with Crippen LogP contribution in [0, 0.1) is 11.8 Å². The molecule has 1 amide bonds. The lowest BCUT2D eigenvalue weighted by Gasteiger charge is -2.30. The monoisotopic (exact) mass is 467 g/mol. The summed E-state index contributed by atoms with van der Waals surface area (Å²) in [5.41, 5.74) is 5.37. The molecule has 0 unspecified atom stereocenters. The Labute approximate surface area is 170 Å². The first kappa shape index (κ1) is 24.4. The number of likely N-dealkylation sites (tertiary alicyclic amines) is 1. The topological polar surface area (TPSA) is 82.8 Å². The molecule has 0 radical (unpaired) electrons. The Hall–Kier alpha value is -0.570. The molecule has 25 heavy (non-hydrogen) atoms. The molecule has 1 fully saturated rings. The Morgan fingerprint density at radius 1 is 1.20 bits per heavy atom. The summed E-state index contributed by atoms with van der Waals surface area (Å²) in [6.07, 6.45) is 6.53. The second-order valence-corrected chi connectivity index (χ2v) is 6.79. The molecule has 1 aliphatic rings. The van der Waals surface area contributed by atoms with Crippen molar-refractivity contribution in [2.24, 2.45) is 22.6 Å². The number of primary amides is 1.